The lowest BCUT2D eigenvalue weighted by Crippen LogP contribution is -2.30. The molecule has 29 heavy (non-hydrogen) atoms. The largest absolute Gasteiger partial charge is 0.296 e. The molecule has 0 heterocycles. The zero-order valence-electron chi connectivity index (χ0n) is 16.4. The molecule has 144 valence electrons. The van der Waals surface area contributed by atoms with Gasteiger partial charge in [-0.25, -0.2) is 0 Å². The van der Waals surface area contributed by atoms with Crippen LogP contribution in [0.1, 0.15) is 18.5 Å². The molecule has 0 saturated heterocycles. The van der Waals surface area contributed by atoms with Crippen LogP contribution in [0.15, 0.2) is 115 Å². The van der Waals surface area contributed by atoms with Crippen LogP contribution in [0.25, 0.3) is 11.1 Å². The number of rotatable bonds is 6. The zero-order valence-corrected chi connectivity index (χ0v) is 17.3. The minimum atomic E-state index is -3.10. The van der Waals surface area contributed by atoms with Crippen molar-refractivity contribution in [3.8, 4) is 11.1 Å². The average Bonchev–Trinajstić information content (AvgIpc) is 2.81. The van der Waals surface area contributed by atoms with Gasteiger partial charge < -0.3 is 0 Å². The van der Waals surface area contributed by atoms with Gasteiger partial charge in [0.05, 0.1) is 0 Å². The average molecular weight is 397 g/mol. The molecule has 0 fully saturated rings. The maximum atomic E-state index is 14.7. The summed E-state index contributed by atoms with van der Waals surface area (Å²) < 4.78 is 14.7. The van der Waals surface area contributed by atoms with Crippen LogP contribution in [0.5, 0.6) is 0 Å². The topological polar surface area (TPSA) is 29.1 Å². The first-order valence-electron chi connectivity index (χ1n) is 9.82. The predicted octanol–water partition coefficient (Wildman–Crippen LogP) is 5.93. The fraction of sp³-hybridized carbons (Fsp3) is 0.0769. The molecule has 0 bridgehead atoms. The molecule has 2 atom stereocenters. The van der Waals surface area contributed by atoms with Crippen LogP contribution in [0, 0.1) is 0 Å². The normalized spacial score (nSPS) is 14.1. The molecular weight excluding hydrogens is 373 g/mol. The summed E-state index contributed by atoms with van der Waals surface area (Å²) in [5.74, 6) is 0. The number of hydrogen-bond donors (Lipinski definition) is 1. The molecule has 0 amide bonds. The summed E-state index contributed by atoms with van der Waals surface area (Å²) in [5, 5.41) is 5.15. The van der Waals surface area contributed by atoms with E-state index in [2.05, 4.69) is 42.3 Å². The highest BCUT2D eigenvalue weighted by Crippen LogP contribution is 2.44. The second-order valence-electron chi connectivity index (χ2n) is 7.09. The summed E-state index contributed by atoms with van der Waals surface area (Å²) >= 11 is 0. The highest BCUT2D eigenvalue weighted by molar-refractivity contribution is 7.77. The van der Waals surface area contributed by atoms with E-state index < -0.39 is 7.29 Å². The summed E-state index contributed by atoms with van der Waals surface area (Å²) in [7, 11) is -3.10. The Balaban J connectivity index is 1.86. The van der Waals surface area contributed by atoms with Gasteiger partial charge in [-0.1, -0.05) is 97.1 Å². The standard InChI is InChI=1S/C26H24NOP/c1-21(22-13-5-2-6-14-22)27-29(28,24-17-9-4-10-18-24)26-20-12-11-19-25(26)23-15-7-3-8-16-23/h2-21H,1H3,(H,27,28)/t21-,29+/m1/s1. The first-order chi connectivity index (χ1) is 14.2. The van der Waals surface area contributed by atoms with E-state index >= 15 is 0 Å². The number of hydrogen-bond acceptors (Lipinski definition) is 1. The minimum absolute atomic E-state index is 0.0638. The number of benzene rings is 4. The van der Waals surface area contributed by atoms with E-state index in [4.69, 9.17) is 0 Å². The highest BCUT2D eigenvalue weighted by atomic mass is 31.2. The maximum Gasteiger partial charge on any atom is 0.205 e. The van der Waals surface area contributed by atoms with Crippen LogP contribution in [-0.2, 0) is 4.57 Å². The maximum absolute atomic E-state index is 14.7. The second kappa shape index (κ2) is 8.61. The van der Waals surface area contributed by atoms with Crippen LogP contribution in [0.4, 0.5) is 0 Å². The molecule has 0 aliphatic carbocycles. The van der Waals surface area contributed by atoms with E-state index in [0.29, 0.717) is 0 Å². The van der Waals surface area contributed by atoms with E-state index in [-0.39, 0.29) is 6.04 Å². The Labute approximate surface area is 172 Å². The van der Waals surface area contributed by atoms with Crippen molar-refractivity contribution in [2.75, 3.05) is 0 Å². The number of nitrogens with one attached hydrogen (secondary N) is 1. The van der Waals surface area contributed by atoms with Gasteiger partial charge >= 0.3 is 0 Å². The van der Waals surface area contributed by atoms with Gasteiger partial charge in [0.2, 0.25) is 7.29 Å². The Morgan fingerprint density at radius 2 is 1.17 bits per heavy atom. The van der Waals surface area contributed by atoms with E-state index in [1.165, 1.54) is 0 Å². The summed E-state index contributed by atoms with van der Waals surface area (Å²) in [6.45, 7) is 2.07. The van der Waals surface area contributed by atoms with Gasteiger partial charge in [0, 0.05) is 16.7 Å². The van der Waals surface area contributed by atoms with Crippen LogP contribution >= 0.6 is 7.29 Å². The van der Waals surface area contributed by atoms with Gasteiger partial charge in [-0.15, -0.1) is 0 Å². The molecule has 4 rings (SSSR count). The van der Waals surface area contributed by atoms with Crippen LogP contribution in [-0.4, -0.2) is 0 Å². The molecule has 3 heteroatoms. The lowest BCUT2D eigenvalue weighted by atomic mass is 10.1. The molecule has 0 saturated carbocycles. The lowest BCUT2D eigenvalue weighted by Gasteiger charge is -2.27. The van der Waals surface area contributed by atoms with Gasteiger partial charge in [-0.3, -0.25) is 9.65 Å². The van der Waals surface area contributed by atoms with Crippen molar-refractivity contribution < 1.29 is 4.57 Å². The summed E-state index contributed by atoms with van der Waals surface area (Å²) in [6.07, 6.45) is 0. The monoisotopic (exact) mass is 397 g/mol. The molecule has 1 N–H and O–H groups in total. The van der Waals surface area contributed by atoms with Crippen molar-refractivity contribution >= 4 is 17.9 Å². The fourth-order valence-electron chi connectivity index (χ4n) is 3.62. The van der Waals surface area contributed by atoms with Crippen molar-refractivity contribution in [1.82, 2.24) is 5.09 Å². The van der Waals surface area contributed by atoms with Crippen LogP contribution < -0.4 is 15.7 Å². The molecule has 0 radical (unpaired) electrons. The SMILES string of the molecule is C[C@@H](N[P@](=O)(c1ccccc1)c1ccccc1-c1ccccc1)c1ccccc1. The Morgan fingerprint density at radius 1 is 0.655 bits per heavy atom. The third-order valence-corrected chi connectivity index (χ3v) is 7.97. The van der Waals surface area contributed by atoms with Crippen molar-refractivity contribution in [1.29, 1.82) is 0 Å². The van der Waals surface area contributed by atoms with E-state index in [9.17, 15) is 4.57 Å². The Kier molecular flexibility index (Phi) is 5.76. The lowest BCUT2D eigenvalue weighted by molar-refractivity contribution is 0.568. The third-order valence-electron chi connectivity index (χ3n) is 5.12. The Hall–Kier alpha value is -2.93. The molecule has 4 aromatic rings. The van der Waals surface area contributed by atoms with Gasteiger partial charge in [0.1, 0.15) is 0 Å². The quantitative estimate of drug-likeness (QED) is 0.408. The highest BCUT2D eigenvalue weighted by Gasteiger charge is 2.31. The van der Waals surface area contributed by atoms with Crippen molar-refractivity contribution in [3.05, 3.63) is 121 Å². The Bertz CT molecular complexity index is 1110. The summed E-state index contributed by atoms with van der Waals surface area (Å²) in [6, 6.07) is 38.0. The van der Waals surface area contributed by atoms with Gasteiger partial charge in [0.25, 0.3) is 0 Å². The second-order valence-corrected chi connectivity index (χ2v) is 9.56. The van der Waals surface area contributed by atoms with Crippen molar-refractivity contribution in [2.45, 2.75) is 13.0 Å². The minimum Gasteiger partial charge on any atom is -0.296 e. The van der Waals surface area contributed by atoms with Crippen LogP contribution in [0.3, 0.4) is 0 Å². The van der Waals surface area contributed by atoms with E-state index in [1.54, 1.807) is 0 Å². The molecule has 0 spiro atoms. The molecule has 0 aliphatic heterocycles. The van der Waals surface area contributed by atoms with Crippen LogP contribution in [0.2, 0.25) is 0 Å². The van der Waals surface area contributed by atoms with E-state index in [0.717, 1.165) is 27.3 Å². The Morgan fingerprint density at radius 3 is 1.83 bits per heavy atom. The van der Waals surface area contributed by atoms with E-state index in [1.807, 2.05) is 84.9 Å². The van der Waals surface area contributed by atoms with Gasteiger partial charge in [0.15, 0.2) is 0 Å². The van der Waals surface area contributed by atoms with Gasteiger partial charge in [-0.2, -0.15) is 0 Å². The first kappa shape index (κ1) is 19.4. The first-order valence-corrected chi connectivity index (χ1v) is 11.5. The molecule has 0 aliphatic rings. The molecule has 2 nitrogen and oxygen atoms in total. The third kappa shape index (κ3) is 4.10. The fourth-order valence-corrected chi connectivity index (χ4v) is 6.31. The van der Waals surface area contributed by atoms with Crippen molar-refractivity contribution in [2.24, 2.45) is 0 Å². The zero-order chi connectivity index (χ0) is 20.1. The summed E-state index contributed by atoms with van der Waals surface area (Å²) in [4.78, 5) is 0. The molecule has 4 aromatic carbocycles. The molecule has 0 aromatic heterocycles. The predicted molar refractivity (Wildman–Crippen MR) is 123 cm³/mol. The molecule has 0 unspecified atom stereocenters. The summed E-state index contributed by atoms with van der Waals surface area (Å²) in [5.41, 5.74) is 3.17. The van der Waals surface area contributed by atoms with Gasteiger partial charge in [-0.05, 0) is 41.8 Å². The molecular formula is C26H24NOP. The van der Waals surface area contributed by atoms with Crippen molar-refractivity contribution in [3.63, 3.8) is 0 Å². The smallest absolute Gasteiger partial charge is 0.205 e.